The molecule has 0 saturated heterocycles. The van der Waals surface area contributed by atoms with Gasteiger partial charge in [-0.05, 0) is 56.6 Å². The maximum Gasteiger partial charge on any atom is 0.191 e. The third-order valence-corrected chi connectivity index (χ3v) is 5.39. The minimum Gasteiger partial charge on any atom is -0.357 e. The highest BCUT2D eigenvalue weighted by atomic mass is 127. The van der Waals surface area contributed by atoms with Crippen LogP contribution in [0.5, 0.6) is 0 Å². The van der Waals surface area contributed by atoms with Crippen molar-refractivity contribution >= 4 is 35.6 Å². The average molecular weight is 484 g/mol. The van der Waals surface area contributed by atoms with Gasteiger partial charge >= 0.3 is 0 Å². The van der Waals surface area contributed by atoms with Crippen molar-refractivity contribution in [3.63, 3.8) is 0 Å². The molecule has 2 aromatic heterocycles. The van der Waals surface area contributed by atoms with Crippen LogP contribution in [0.1, 0.15) is 52.3 Å². The Kier molecular flexibility index (Phi) is 8.79. The van der Waals surface area contributed by atoms with Crippen LogP contribution in [0.2, 0.25) is 0 Å². The smallest absolute Gasteiger partial charge is 0.191 e. The molecule has 1 aliphatic carbocycles. The summed E-state index contributed by atoms with van der Waals surface area (Å²) in [6, 6.07) is 6.49. The molecule has 1 fully saturated rings. The Labute approximate surface area is 179 Å². The third kappa shape index (κ3) is 6.05. The van der Waals surface area contributed by atoms with E-state index in [1.165, 1.54) is 25.7 Å². The summed E-state index contributed by atoms with van der Waals surface area (Å²) in [4.78, 5) is 4.76. The molecule has 7 heteroatoms. The molecule has 2 aromatic rings. The molecule has 27 heavy (non-hydrogen) atoms. The van der Waals surface area contributed by atoms with Crippen molar-refractivity contribution in [2.24, 2.45) is 16.8 Å². The zero-order valence-corrected chi connectivity index (χ0v) is 19.0. The molecule has 6 nitrogen and oxygen atoms in total. The zero-order chi connectivity index (χ0) is 18.4. The molecule has 2 N–H and O–H groups in total. The van der Waals surface area contributed by atoms with Crippen molar-refractivity contribution in [3.8, 4) is 0 Å². The first-order chi connectivity index (χ1) is 12.7. The first-order valence-electron chi connectivity index (χ1n) is 10.0. The number of fused-ring (bicyclic) bond motifs is 1. The Bertz CT molecular complexity index is 718. The van der Waals surface area contributed by atoms with Crippen LogP contribution in [0.4, 0.5) is 0 Å². The fourth-order valence-corrected chi connectivity index (χ4v) is 3.77. The highest BCUT2D eigenvalue weighted by Gasteiger charge is 2.23. The molecule has 1 aliphatic rings. The van der Waals surface area contributed by atoms with Gasteiger partial charge in [0.2, 0.25) is 0 Å². The van der Waals surface area contributed by atoms with E-state index in [-0.39, 0.29) is 24.0 Å². The Morgan fingerprint density at radius 2 is 2.00 bits per heavy atom. The highest BCUT2D eigenvalue weighted by molar-refractivity contribution is 14.0. The molecular weight excluding hydrogens is 451 g/mol. The Morgan fingerprint density at radius 3 is 2.70 bits per heavy atom. The summed E-state index contributed by atoms with van der Waals surface area (Å²) in [6.45, 7) is 8.38. The largest absolute Gasteiger partial charge is 0.357 e. The van der Waals surface area contributed by atoms with Crippen LogP contribution in [0.3, 0.4) is 0 Å². The van der Waals surface area contributed by atoms with Gasteiger partial charge in [-0.25, -0.2) is 0 Å². The van der Waals surface area contributed by atoms with E-state index < -0.39 is 0 Å². The lowest BCUT2D eigenvalue weighted by Gasteiger charge is -2.32. The van der Waals surface area contributed by atoms with E-state index in [9.17, 15) is 0 Å². The van der Waals surface area contributed by atoms with E-state index in [1.54, 1.807) is 0 Å². The van der Waals surface area contributed by atoms with Gasteiger partial charge in [0, 0.05) is 31.7 Å². The first-order valence-corrected chi connectivity index (χ1v) is 10.0. The van der Waals surface area contributed by atoms with Gasteiger partial charge in [-0.2, -0.15) is 0 Å². The number of hydrogen-bond acceptors (Lipinski definition) is 3. The van der Waals surface area contributed by atoms with Crippen LogP contribution in [-0.4, -0.2) is 39.7 Å². The normalized spacial score (nSPS) is 20.5. The second-order valence-corrected chi connectivity index (χ2v) is 7.56. The van der Waals surface area contributed by atoms with Gasteiger partial charge in [0.25, 0.3) is 0 Å². The van der Waals surface area contributed by atoms with Crippen LogP contribution in [0, 0.1) is 11.8 Å². The predicted octanol–water partition coefficient (Wildman–Crippen LogP) is 3.66. The minimum absolute atomic E-state index is 0. The molecule has 0 aromatic carbocycles. The Hall–Kier alpha value is -1.38. The molecule has 150 valence electrons. The van der Waals surface area contributed by atoms with Crippen LogP contribution < -0.4 is 10.6 Å². The maximum absolute atomic E-state index is 4.76. The van der Waals surface area contributed by atoms with Crippen LogP contribution in [0.25, 0.3) is 5.65 Å². The van der Waals surface area contributed by atoms with Gasteiger partial charge < -0.3 is 10.6 Å². The van der Waals surface area contributed by atoms with E-state index in [1.807, 2.05) is 28.8 Å². The molecule has 0 atom stereocenters. The van der Waals surface area contributed by atoms with Crippen LogP contribution in [-0.2, 0) is 6.42 Å². The topological polar surface area (TPSA) is 66.6 Å². The molecule has 0 aliphatic heterocycles. The van der Waals surface area contributed by atoms with E-state index in [0.717, 1.165) is 42.2 Å². The van der Waals surface area contributed by atoms with Crippen LogP contribution in [0.15, 0.2) is 29.4 Å². The molecule has 3 rings (SSSR count). The lowest BCUT2D eigenvalue weighted by atomic mass is 9.80. The van der Waals surface area contributed by atoms with Gasteiger partial charge in [0.1, 0.15) is 5.82 Å². The van der Waals surface area contributed by atoms with Gasteiger partial charge in [-0.3, -0.25) is 9.39 Å². The van der Waals surface area contributed by atoms with Crippen molar-refractivity contribution in [1.82, 2.24) is 25.2 Å². The van der Waals surface area contributed by atoms with Gasteiger partial charge in [-0.1, -0.05) is 19.9 Å². The quantitative estimate of drug-likeness (QED) is 0.373. The molecule has 0 bridgehead atoms. The van der Waals surface area contributed by atoms with Gasteiger partial charge in [-0.15, -0.1) is 34.2 Å². The summed E-state index contributed by atoms with van der Waals surface area (Å²) in [5.74, 6) is 3.57. The summed E-state index contributed by atoms with van der Waals surface area (Å²) < 4.78 is 2.03. The Morgan fingerprint density at radius 1 is 1.22 bits per heavy atom. The third-order valence-electron chi connectivity index (χ3n) is 5.39. The van der Waals surface area contributed by atoms with E-state index >= 15 is 0 Å². The standard InChI is InChI=1S/C20H32N6.HI/c1-4-21-20(23-17-10-8-16(9-11-17)15(2)3)22-13-12-19-25-24-18-7-5-6-14-26(18)19;/h5-7,14-17H,4,8-13H2,1-3H3,(H2,21,22,23);1H. The number of nitrogens with one attached hydrogen (secondary N) is 2. The molecule has 1 saturated carbocycles. The summed E-state index contributed by atoms with van der Waals surface area (Å²) in [7, 11) is 0. The number of aliphatic imine (C=N–C) groups is 1. The highest BCUT2D eigenvalue weighted by Crippen LogP contribution is 2.29. The molecule has 0 spiro atoms. The number of halogens is 1. The number of guanidine groups is 1. The number of rotatable bonds is 6. The van der Waals surface area contributed by atoms with E-state index in [0.29, 0.717) is 12.6 Å². The summed E-state index contributed by atoms with van der Waals surface area (Å²) in [5.41, 5.74) is 0.887. The summed E-state index contributed by atoms with van der Waals surface area (Å²) in [5, 5.41) is 15.5. The number of pyridine rings is 1. The lowest BCUT2D eigenvalue weighted by Crippen LogP contribution is -2.45. The fraction of sp³-hybridized carbons (Fsp3) is 0.650. The number of aromatic nitrogens is 3. The fourth-order valence-electron chi connectivity index (χ4n) is 3.77. The van der Waals surface area contributed by atoms with Crippen molar-refractivity contribution in [1.29, 1.82) is 0 Å². The van der Waals surface area contributed by atoms with Crippen molar-refractivity contribution < 1.29 is 0 Å². The van der Waals surface area contributed by atoms with E-state index in [2.05, 4.69) is 41.6 Å². The molecule has 0 unspecified atom stereocenters. The molecular formula is C20H33IN6. The number of hydrogen-bond donors (Lipinski definition) is 2. The van der Waals surface area contributed by atoms with Crippen LogP contribution >= 0.6 is 24.0 Å². The van der Waals surface area contributed by atoms with Gasteiger partial charge in [0.15, 0.2) is 11.6 Å². The van der Waals surface area contributed by atoms with Crippen molar-refractivity contribution in [3.05, 3.63) is 30.2 Å². The molecule has 0 amide bonds. The molecule has 2 heterocycles. The second-order valence-electron chi connectivity index (χ2n) is 7.56. The first kappa shape index (κ1) is 21.9. The van der Waals surface area contributed by atoms with Crippen molar-refractivity contribution in [2.45, 2.75) is 58.9 Å². The van der Waals surface area contributed by atoms with Crippen molar-refractivity contribution in [2.75, 3.05) is 13.1 Å². The second kappa shape index (κ2) is 10.8. The average Bonchev–Trinajstić information content (AvgIpc) is 3.06. The number of nitrogens with zero attached hydrogens (tertiary/aromatic N) is 4. The zero-order valence-electron chi connectivity index (χ0n) is 16.7. The summed E-state index contributed by atoms with van der Waals surface area (Å²) in [6.07, 6.45) is 7.90. The monoisotopic (exact) mass is 484 g/mol. The SMILES string of the molecule is CCNC(=NCCc1nnc2ccccn12)NC1CCC(C(C)C)CC1.I. The minimum atomic E-state index is 0. The predicted molar refractivity (Wildman–Crippen MR) is 122 cm³/mol. The van der Waals surface area contributed by atoms with E-state index in [4.69, 9.17) is 4.99 Å². The van der Waals surface area contributed by atoms with Gasteiger partial charge in [0.05, 0.1) is 0 Å². The lowest BCUT2D eigenvalue weighted by molar-refractivity contribution is 0.250. The maximum atomic E-state index is 4.76. The Balaban J connectivity index is 0.00000261. The molecule has 0 radical (unpaired) electrons. The summed E-state index contributed by atoms with van der Waals surface area (Å²) >= 11 is 0.